The van der Waals surface area contributed by atoms with Crippen LogP contribution in [0.2, 0.25) is 0 Å². The molecule has 2 N–H and O–H groups in total. The van der Waals surface area contributed by atoms with Gasteiger partial charge in [0.25, 0.3) is 0 Å². The van der Waals surface area contributed by atoms with E-state index in [4.69, 9.17) is 4.74 Å². The van der Waals surface area contributed by atoms with Crippen LogP contribution in [0, 0.1) is 0 Å². The molecule has 0 aliphatic carbocycles. The van der Waals surface area contributed by atoms with E-state index in [1.54, 1.807) is 0 Å². The van der Waals surface area contributed by atoms with Crippen LogP contribution in [0.1, 0.15) is 18.0 Å². The fourth-order valence-electron chi connectivity index (χ4n) is 2.30. The quantitative estimate of drug-likeness (QED) is 0.717. The van der Waals surface area contributed by atoms with Crippen LogP contribution >= 0.6 is 0 Å². The van der Waals surface area contributed by atoms with E-state index < -0.39 is 0 Å². The zero-order valence-corrected chi connectivity index (χ0v) is 8.70. The number of hydrogen-bond acceptors (Lipinski definition) is 3. The average Bonchev–Trinajstić information content (AvgIpc) is 2.28. The van der Waals surface area contributed by atoms with Crippen molar-refractivity contribution in [1.82, 2.24) is 10.6 Å². The molecule has 80 valence electrons. The maximum absolute atomic E-state index is 5.78. The largest absolute Gasteiger partial charge is 0.358 e. The first-order valence-corrected chi connectivity index (χ1v) is 5.55. The number of benzene rings is 1. The molecule has 2 heterocycles. The Kier molecular flexibility index (Phi) is 2.24. The van der Waals surface area contributed by atoms with Gasteiger partial charge in [0.2, 0.25) is 0 Å². The van der Waals surface area contributed by atoms with Gasteiger partial charge in [-0.05, 0) is 12.0 Å². The van der Waals surface area contributed by atoms with Crippen molar-refractivity contribution in [2.45, 2.75) is 18.2 Å². The molecule has 0 radical (unpaired) electrons. The van der Waals surface area contributed by atoms with Gasteiger partial charge < -0.3 is 10.1 Å². The summed E-state index contributed by atoms with van der Waals surface area (Å²) < 4.78 is 5.78. The highest BCUT2D eigenvalue weighted by molar-refractivity contribution is 5.20. The van der Waals surface area contributed by atoms with E-state index >= 15 is 0 Å². The molecule has 1 spiro atoms. The Labute approximate surface area is 89.8 Å². The van der Waals surface area contributed by atoms with Gasteiger partial charge in [-0.1, -0.05) is 30.3 Å². The lowest BCUT2D eigenvalue weighted by Crippen LogP contribution is -2.71. The minimum absolute atomic E-state index is 0.0846. The molecule has 3 nitrogen and oxygen atoms in total. The highest BCUT2D eigenvalue weighted by Gasteiger charge is 2.42. The summed E-state index contributed by atoms with van der Waals surface area (Å²) in [6.07, 6.45) is 1.06. The SMILES string of the molecule is c1ccc(C2CCOC3(CNC3)N2)cc1. The van der Waals surface area contributed by atoms with Crippen LogP contribution in [0.5, 0.6) is 0 Å². The molecule has 2 saturated heterocycles. The summed E-state index contributed by atoms with van der Waals surface area (Å²) in [4.78, 5) is 0. The lowest BCUT2D eigenvalue weighted by Gasteiger charge is -2.48. The summed E-state index contributed by atoms with van der Waals surface area (Å²) in [6, 6.07) is 11.1. The van der Waals surface area contributed by atoms with E-state index in [1.165, 1.54) is 5.56 Å². The fourth-order valence-corrected chi connectivity index (χ4v) is 2.30. The van der Waals surface area contributed by atoms with E-state index in [-0.39, 0.29) is 5.72 Å². The molecule has 0 bridgehead atoms. The normalized spacial score (nSPS) is 28.7. The molecule has 15 heavy (non-hydrogen) atoms. The molecule has 1 unspecified atom stereocenters. The average molecular weight is 204 g/mol. The van der Waals surface area contributed by atoms with Crippen LogP contribution in [0.4, 0.5) is 0 Å². The van der Waals surface area contributed by atoms with E-state index in [0.29, 0.717) is 6.04 Å². The summed E-state index contributed by atoms with van der Waals surface area (Å²) in [5.41, 5.74) is 1.28. The van der Waals surface area contributed by atoms with Crippen molar-refractivity contribution in [3.8, 4) is 0 Å². The highest BCUT2D eigenvalue weighted by Crippen LogP contribution is 2.28. The summed E-state index contributed by atoms with van der Waals surface area (Å²) in [5, 5.41) is 6.85. The van der Waals surface area contributed by atoms with Gasteiger partial charge in [-0.3, -0.25) is 5.32 Å². The van der Waals surface area contributed by atoms with E-state index in [0.717, 1.165) is 26.1 Å². The van der Waals surface area contributed by atoms with Gasteiger partial charge in [-0.2, -0.15) is 0 Å². The van der Waals surface area contributed by atoms with Crippen LogP contribution in [-0.2, 0) is 4.74 Å². The number of rotatable bonds is 1. The van der Waals surface area contributed by atoms with Crippen molar-refractivity contribution < 1.29 is 4.74 Å². The van der Waals surface area contributed by atoms with Crippen LogP contribution in [0.15, 0.2) is 30.3 Å². The third kappa shape index (κ3) is 1.67. The smallest absolute Gasteiger partial charge is 0.144 e. The van der Waals surface area contributed by atoms with Gasteiger partial charge in [-0.15, -0.1) is 0 Å². The minimum Gasteiger partial charge on any atom is -0.358 e. The van der Waals surface area contributed by atoms with Crippen LogP contribution in [0.3, 0.4) is 0 Å². The molecular weight excluding hydrogens is 188 g/mol. The lowest BCUT2D eigenvalue weighted by molar-refractivity contribution is -0.140. The Morgan fingerprint density at radius 3 is 2.67 bits per heavy atom. The zero-order valence-electron chi connectivity index (χ0n) is 8.70. The Hall–Kier alpha value is -0.900. The van der Waals surface area contributed by atoms with Crippen molar-refractivity contribution in [3.63, 3.8) is 0 Å². The predicted molar refractivity (Wildman–Crippen MR) is 58.5 cm³/mol. The first kappa shape index (κ1) is 9.33. The molecule has 0 saturated carbocycles. The maximum atomic E-state index is 5.78. The number of nitrogens with one attached hydrogen (secondary N) is 2. The standard InChI is InChI=1S/C12H16N2O/c1-2-4-10(5-3-1)11-6-7-15-12(14-11)8-13-9-12/h1-5,11,13-14H,6-9H2. The molecule has 1 atom stereocenters. The molecular formula is C12H16N2O. The Morgan fingerprint density at radius 2 is 2.00 bits per heavy atom. The Bertz CT molecular complexity index is 335. The van der Waals surface area contributed by atoms with Crippen molar-refractivity contribution >= 4 is 0 Å². The number of ether oxygens (including phenoxy) is 1. The van der Waals surface area contributed by atoms with Crippen LogP contribution in [-0.4, -0.2) is 25.4 Å². The third-order valence-corrected chi connectivity index (χ3v) is 3.25. The van der Waals surface area contributed by atoms with Crippen molar-refractivity contribution in [3.05, 3.63) is 35.9 Å². The molecule has 1 aromatic rings. The topological polar surface area (TPSA) is 33.3 Å². The monoisotopic (exact) mass is 204 g/mol. The fraction of sp³-hybridized carbons (Fsp3) is 0.500. The van der Waals surface area contributed by atoms with Gasteiger partial charge in [-0.25, -0.2) is 0 Å². The molecule has 1 aromatic carbocycles. The summed E-state index contributed by atoms with van der Waals surface area (Å²) in [7, 11) is 0. The second-order valence-corrected chi connectivity index (χ2v) is 4.34. The van der Waals surface area contributed by atoms with E-state index in [2.05, 4.69) is 41.0 Å². The van der Waals surface area contributed by atoms with Gasteiger partial charge in [0, 0.05) is 19.1 Å². The van der Waals surface area contributed by atoms with E-state index in [9.17, 15) is 0 Å². The van der Waals surface area contributed by atoms with Crippen LogP contribution in [0.25, 0.3) is 0 Å². The Morgan fingerprint density at radius 1 is 1.20 bits per heavy atom. The molecule has 2 aliphatic rings. The third-order valence-electron chi connectivity index (χ3n) is 3.25. The first-order chi connectivity index (χ1) is 7.38. The molecule has 0 amide bonds. The highest BCUT2D eigenvalue weighted by atomic mass is 16.5. The zero-order chi connectivity index (χ0) is 10.1. The van der Waals surface area contributed by atoms with Crippen LogP contribution < -0.4 is 10.6 Å². The van der Waals surface area contributed by atoms with Crippen molar-refractivity contribution in [1.29, 1.82) is 0 Å². The summed E-state index contributed by atoms with van der Waals surface area (Å²) in [6.45, 7) is 2.71. The molecule has 3 rings (SSSR count). The first-order valence-electron chi connectivity index (χ1n) is 5.55. The second kappa shape index (κ2) is 3.59. The summed E-state index contributed by atoms with van der Waals surface area (Å²) in [5.74, 6) is 0. The van der Waals surface area contributed by atoms with Crippen molar-refractivity contribution in [2.75, 3.05) is 19.7 Å². The van der Waals surface area contributed by atoms with Gasteiger partial charge >= 0.3 is 0 Å². The predicted octanol–water partition coefficient (Wildman–Crippen LogP) is 1.04. The van der Waals surface area contributed by atoms with Gasteiger partial charge in [0.1, 0.15) is 5.72 Å². The Balaban J connectivity index is 1.77. The number of hydrogen-bond donors (Lipinski definition) is 2. The maximum Gasteiger partial charge on any atom is 0.144 e. The van der Waals surface area contributed by atoms with Gasteiger partial charge in [0.15, 0.2) is 0 Å². The molecule has 0 aromatic heterocycles. The van der Waals surface area contributed by atoms with Crippen molar-refractivity contribution in [2.24, 2.45) is 0 Å². The minimum atomic E-state index is -0.0846. The van der Waals surface area contributed by atoms with E-state index in [1.807, 2.05) is 0 Å². The molecule has 2 fully saturated rings. The summed E-state index contributed by atoms with van der Waals surface area (Å²) >= 11 is 0. The lowest BCUT2D eigenvalue weighted by atomic mass is 9.97. The van der Waals surface area contributed by atoms with Gasteiger partial charge in [0.05, 0.1) is 6.61 Å². The second-order valence-electron chi connectivity index (χ2n) is 4.34. The molecule has 2 aliphatic heterocycles. The molecule has 3 heteroatoms.